The minimum absolute atomic E-state index is 0.152. The van der Waals surface area contributed by atoms with Gasteiger partial charge in [-0.2, -0.15) is 0 Å². The molecular formula is C50H88O15. The molecule has 0 spiro atoms. The highest BCUT2D eigenvalue weighted by molar-refractivity contribution is 5.70. The maximum Gasteiger partial charge on any atom is 0.306 e. The quantitative estimate of drug-likeness (QED) is 0.0198. The van der Waals surface area contributed by atoms with Gasteiger partial charge in [-0.15, -0.1) is 0 Å². The molecule has 0 saturated carbocycles. The van der Waals surface area contributed by atoms with Crippen molar-refractivity contribution >= 4 is 11.9 Å². The Morgan fingerprint density at radius 3 is 1.48 bits per heavy atom. The molecule has 2 fully saturated rings. The van der Waals surface area contributed by atoms with Crippen LogP contribution in [0.2, 0.25) is 0 Å². The van der Waals surface area contributed by atoms with E-state index in [0.29, 0.717) is 12.8 Å². The molecule has 0 aliphatic carbocycles. The molecule has 0 bridgehead atoms. The summed E-state index contributed by atoms with van der Waals surface area (Å²) in [5, 5.41) is 72.0. The van der Waals surface area contributed by atoms with E-state index in [0.717, 1.165) is 83.5 Å². The van der Waals surface area contributed by atoms with Gasteiger partial charge in [0.2, 0.25) is 0 Å². The summed E-state index contributed by atoms with van der Waals surface area (Å²) in [5.74, 6) is -0.951. The van der Waals surface area contributed by atoms with Crippen molar-refractivity contribution in [3.05, 3.63) is 36.5 Å². The summed E-state index contributed by atoms with van der Waals surface area (Å²) in [4.78, 5) is 25.7. The molecule has 15 heteroatoms. The van der Waals surface area contributed by atoms with E-state index in [1.165, 1.54) is 51.4 Å². The minimum Gasteiger partial charge on any atom is -0.462 e. The lowest BCUT2D eigenvalue weighted by Crippen LogP contribution is -2.61. The Labute approximate surface area is 389 Å². The van der Waals surface area contributed by atoms with Crippen molar-refractivity contribution in [2.45, 2.75) is 242 Å². The lowest BCUT2D eigenvalue weighted by molar-refractivity contribution is -0.332. The number of hydrogen-bond donors (Lipinski definition) is 7. The third-order valence-electron chi connectivity index (χ3n) is 11.8. The molecule has 2 rings (SSSR count). The molecule has 0 amide bonds. The van der Waals surface area contributed by atoms with Gasteiger partial charge in [-0.3, -0.25) is 9.59 Å². The van der Waals surface area contributed by atoms with Gasteiger partial charge in [-0.1, -0.05) is 127 Å². The van der Waals surface area contributed by atoms with Gasteiger partial charge in [0.15, 0.2) is 18.7 Å². The van der Waals surface area contributed by atoms with Crippen molar-refractivity contribution in [2.24, 2.45) is 0 Å². The van der Waals surface area contributed by atoms with Crippen LogP contribution >= 0.6 is 0 Å². The first-order valence-electron chi connectivity index (χ1n) is 25.1. The Kier molecular flexibility index (Phi) is 34.1. The first-order valence-corrected chi connectivity index (χ1v) is 25.1. The third-order valence-corrected chi connectivity index (χ3v) is 11.8. The topological polar surface area (TPSA) is 231 Å². The molecule has 0 aromatic rings. The Hall–Kier alpha value is -2.28. The average molecular weight is 929 g/mol. The first kappa shape index (κ1) is 58.8. The van der Waals surface area contributed by atoms with Gasteiger partial charge in [0.05, 0.1) is 19.8 Å². The van der Waals surface area contributed by atoms with Gasteiger partial charge in [0.1, 0.15) is 55.4 Å². The van der Waals surface area contributed by atoms with Crippen LogP contribution in [0.5, 0.6) is 0 Å². The van der Waals surface area contributed by atoms with Gasteiger partial charge in [-0.05, 0) is 70.6 Å². The minimum atomic E-state index is -1.77. The van der Waals surface area contributed by atoms with Gasteiger partial charge in [0, 0.05) is 12.8 Å². The van der Waals surface area contributed by atoms with Gasteiger partial charge < -0.3 is 64.2 Å². The van der Waals surface area contributed by atoms with E-state index in [-0.39, 0.29) is 26.1 Å². The number of allylic oxidation sites excluding steroid dienone is 6. The van der Waals surface area contributed by atoms with E-state index in [4.69, 9.17) is 28.4 Å². The summed E-state index contributed by atoms with van der Waals surface area (Å²) in [6, 6.07) is 0. The van der Waals surface area contributed by atoms with E-state index in [9.17, 15) is 45.3 Å². The van der Waals surface area contributed by atoms with E-state index in [2.05, 4.69) is 50.3 Å². The smallest absolute Gasteiger partial charge is 0.306 e. The third kappa shape index (κ3) is 26.2. The molecule has 11 atom stereocenters. The van der Waals surface area contributed by atoms with E-state index in [1.807, 2.05) is 0 Å². The van der Waals surface area contributed by atoms with Crippen LogP contribution in [0.3, 0.4) is 0 Å². The second-order valence-corrected chi connectivity index (χ2v) is 17.6. The van der Waals surface area contributed by atoms with Crippen molar-refractivity contribution in [3.63, 3.8) is 0 Å². The Bertz CT molecular complexity index is 1280. The SMILES string of the molecule is CCCCC/C=C/C/C=C/CCCCCCCC(=O)OC[C@H](CO[C@@H]1O[C@H](CO[C@@H]2O[C@H](CO)[C@H](O)C(O)C2O)[C@H](O)C(O)C1O)OC(=O)CCCCCCC/C=C/CCCCCCC. The molecule has 0 aromatic carbocycles. The Balaban J connectivity index is 1.83. The first-order chi connectivity index (χ1) is 31.5. The highest BCUT2D eigenvalue weighted by Crippen LogP contribution is 2.26. The maximum atomic E-state index is 13.0. The Morgan fingerprint density at radius 1 is 0.492 bits per heavy atom. The molecule has 0 radical (unpaired) electrons. The van der Waals surface area contributed by atoms with Crippen LogP contribution in [-0.2, 0) is 38.0 Å². The summed E-state index contributed by atoms with van der Waals surface area (Å²) >= 11 is 0. The van der Waals surface area contributed by atoms with Crippen LogP contribution in [0.25, 0.3) is 0 Å². The molecule has 2 heterocycles. The number of unbranched alkanes of at least 4 members (excludes halogenated alkanes) is 18. The van der Waals surface area contributed by atoms with E-state index >= 15 is 0 Å². The monoisotopic (exact) mass is 929 g/mol. The molecular weight excluding hydrogens is 841 g/mol. The van der Waals surface area contributed by atoms with Crippen LogP contribution in [0.4, 0.5) is 0 Å². The van der Waals surface area contributed by atoms with Crippen LogP contribution in [-0.4, -0.2) is 142 Å². The highest BCUT2D eigenvalue weighted by atomic mass is 16.7. The van der Waals surface area contributed by atoms with Crippen LogP contribution in [0, 0.1) is 0 Å². The normalized spacial score (nSPS) is 26.7. The molecule has 0 aromatic heterocycles. The lowest BCUT2D eigenvalue weighted by Gasteiger charge is -2.42. The molecule has 2 saturated heterocycles. The fourth-order valence-electron chi connectivity index (χ4n) is 7.65. The average Bonchev–Trinajstić information content (AvgIpc) is 3.30. The summed E-state index contributed by atoms with van der Waals surface area (Å²) in [6.45, 7) is 2.52. The van der Waals surface area contributed by atoms with Crippen molar-refractivity contribution in [2.75, 3.05) is 26.4 Å². The summed E-state index contributed by atoms with van der Waals surface area (Å²) in [5.41, 5.74) is 0. The highest BCUT2D eigenvalue weighted by Gasteiger charge is 2.47. The molecule has 7 N–H and O–H groups in total. The predicted molar refractivity (Wildman–Crippen MR) is 247 cm³/mol. The van der Waals surface area contributed by atoms with Gasteiger partial charge in [0.25, 0.3) is 0 Å². The number of aliphatic hydroxyl groups excluding tert-OH is 7. The van der Waals surface area contributed by atoms with Crippen molar-refractivity contribution in [1.29, 1.82) is 0 Å². The summed E-state index contributed by atoms with van der Waals surface area (Å²) in [7, 11) is 0. The van der Waals surface area contributed by atoms with Gasteiger partial charge in [-0.25, -0.2) is 0 Å². The lowest BCUT2D eigenvalue weighted by atomic mass is 9.98. The van der Waals surface area contributed by atoms with Crippen molar-refractivity contribution < 1.29 is 73.8 Å². The second kappa shape index (κ2) is 37.7. The fourth-order valence-corrected chi connectivity index (χ4v) is 7.65. The maximum absolute atomic E-state index is 13.0. The number of esters is 2. The van der Waals surface area contributed by atoms with E-state index in [1.54, 1.807) is 0 Å². The number of carbonyl (C=O) groups excluding carboxylic acids is 2. The van der Waals surface area contributed by atoms with Crippen LogP contribution in [0.15, 0.2) is 36.5 Å². The standard InChI is InChI=1S/C50H88O15/c1-3-5-7-9-11-13-15-17-19-21-22-24-26-28-30-32-41(52)60-35-38(63-42(53)33-31-29-27-25-23-20-18-16-14-12-10-8-6-4-2)36-61-49-48(59)46(57)44(55)40(65-49)37-62-50-47(58)45(56)43(54)39(34-51)64-50/h11,13,16-19,38-40,43-51,54-59H,3-10,12,14-15,20-37H2,1-2H3/b13-11+,18-16+,19-17+/t38-,39-,40-,43+,44+,45?,46?,47?,48?,49-,50-/m1/s1. The molecule has 4 unspecified atom stereocenters. The number of hydrogen-bond acceptors (Lipinski definition) is 15. The summed E-state index contributed by atoms with van der Waals surface area (Å²) in [6.07, 6.45) is 21.7. The molecule has 2 aliphatic heterocycles. The molecule has 378 valence electrons. The fraction of sp³-hybridized carbons (Fsp3) is 0.840. The number of ether oxygens (including phenoxy) is 6. The van der Waals surface area contributed by atoms with Crippen molar-refractivity contribution in [1.82, 2.24) is 0 Å². The number of carbonyl (C=O) groups is 2. The van der Waals surface area contributed by atoms with Gasteiger partial charge >= 0.3 is 11.9 Å². The zero-order valence-electron chi connectivity index (χ0n) is 39.7. The molecule has 15 nitrogen and oxygen atoms in total. The largest absolute Gasteiger partial charge is 0.462 e. The van der Waals surface area contributed by atoms with Crippen LogP contribution in [0.1, 0.15) is 174 Å². The molecule has 65 heavy (non-hydrogen) atoms. The number of aliphatic hydroxyl groups is 7. The zero-order valence-corrected chi connectivity index (χ0v) is 39.7. The molecule has 2 aliphatic rings. The number of rotatable bonds is 38. The summed E-state index contributed by atoms with van der Waals surface area (Å²) < 4.78 is 33.5. The van der Waals surface area contributed by atoms with E-state index < -0.39 is 92.7 Å². The second-order valence-electron chi connectivity index (χ2n) is 17.6. The van der Waals surface area contributed by atoms with Crippen LogP contribution < -0.4 is 0 Å². The van der Waals surface area contributed by atoms with Crippen molar-refractivity contribution in [3.8, 4) is 0 Å². The predicted octanol–water partition coefficient (Wildman–Crippen LogP) is 6.54. The Morgan fingerprint density at radius 2 is 0.923 bits per heavy atom. The zero-order chi connectivity index (χ0) is 47.5.